The highest BCUT2D eigenvalue weighted by atomic mass is 32.2. The average Bonchev–Trinajstić information content (AvgIpc) is 3.29. The molecule has 3 aliphatic rings. The van der Waals surface area contributed by atoms with E-state index >= 15 is 0 Å². The molecule has 3 fully saturated rings. The summed E-state index contributed by atoms with van der Waals surface area (Å²) in [6.45, 7) is 1.44. The van der Waals surface area contributed by atoms with Gasteiger partial charge in [-0.05, 0) is 67.5 Å². The van der Waals surface area contributed by atoms with Crippen molar-refractivity contribution in [3.63, 3.8) is 0 Å². The third kappa shape index (κ3) is 6.25. The number of aromatic carboxylic acids is 1. The van der Waals surface area contributed by atoms with Crippen LogP contribution in [0, 0.1) is 11.7 Å². The van der Waals surface area contributed by atoms with E-state index in [9.17, 15) is 27.5 Å². The molecule has 9 nitrogen and oxygen atoms in total. The first kappa shape index (κ1) is 30.7. The molecule has 1 amide bonds. The molecule has 1 aliphatic carbocycles. The van der Waals surface area contributed by atoms with E-state index in [4.69, 9.17) is 0 Å². The second-order valence-electron chi connectivity index (χ2n) is 11.9. The molecule has 3 aromatic rings. The van der Waals surface area contributed by atoms with Crippen molar-refractivity contribution in [2.45, 2.75) is 68.7 Å². The summed E-state index contributed by atoms with van der Waals surface area (Å²) in [6.07, 6.45) is 10.6. The quantitative estimate of drug-likeness (QED) is 0.337. The second-order valence-corrected chi connectivity index (χ2v) is 14.9. The fourth-order valence-electron chi connectivity index (χ4n) is 6.77. The van der Waals surface area contributed by atoms with Gasteiger partial charge in [-0.1, -0.05) is 44.2 Å². The van der Waals surface area contributed by atoms with E-state index in [1.54, 1.807) is 30.3 Å². The molecule has 1 aromatic carbocycles. The van der Waals surface area contributed by atoms with Crippen LogP contribution in [0.3, 0.4) is 0 Å². The summed E-state index contributed by atoms with van der Waals surface area (Å²) >= 11 is 1.03. The van der Waals surface area contributed by atoms with Gasteiger partial charge in [-0.25, -0.2) is 22.6 Å². The maximum Gasteiger partial charge on any atom is 0.348 e. The van der Waals surface area contributed by atoms with E-state index in [0.29, 0.717) is 10.4 Å². The number of carbonyl (C=O) groups is 2. The van der Waals surface area contributed by atoms with Crippen LogP contribution in [0.25, 0.3) is 10.4 Å². The Kier molecular flexibility index (Phi) is 9.02. The van der Waals surface area contributed by atoms with Gasteiger partial charge in [-0.3, -0.25) is 4.79 Å². The molecule has 1 N–H and O–H groups in total. The minimum Gasteiger partial charge on any atom is -0.477 e. The van der Waals surface area contributed by atoms with Gasteiger partial charge in [0, 0.05) is 30.7 Å². The summed E-state index contributed by atoms with van der Waals surface area (Å²) in [5.74, 6) is -1.26. The molecule has 0 spiro atoms. The monoisotopic (exact) mass is 640 g/mol. The van der Waals surface area contributed by atoms with Gasteiger partial charge in [0.2, 0.25) is 15.9 Å². The molecule has 0 bridgehead atoms. The number of sulfonamides is 1. The summed E-state index contributed by atoms with van der Waals surface area (Å²) in [5.41, 5.74) is 0.909. The van der Waals surface area contributed by atoms with Crippen LogP contribution in [0.2, 0.25) is 0 Å². The van der Waals surface area contributed by atoms with Crippen molar-refractivity contribution in [3.05, 3.63) is 59.4 Å². The fourth-order valence-corrected chi connectivity index (χ4v) is 9.12. The predicted octanol–water partition coefficient (Wildman–Crippen LogP) is 6.01. The zero-order chi connectivity index (χ0) is 30.8. The Hall–Kier alpha value is -3.35. The molecule has 2 saturated heterocycles. The number of carboxylic acid groups (broad SMARTS) is 1. The number of hydrogen-bond donors (Lipinski definition) is 1. The molecule has 44 heavy (non-hydrogen) atoms. The first-order valence-corrected chi connectivity index (χ1v) is 17.6. The van der Waals surface area contributed by atoms with Gasteiger partial charge in [0.15, 0.2) is 0 Å². The molecule has 1 unspecified atom stereocenters. The fraction of sp³-hybridized carbons (Fsp3) is 0.469. The summed E-state index contributed by atoms with van der Waals surface area (Å²) in [7, 11) is -4.04. The largest absolute Gasteiger partial charge is 0.477 e. The maximum absolute atomic E-state index is 14.0. The van der Waals surface area contributed by atoms with E-state index in [-0.39, 0.29) is 27.9 Å². The molecule has 0 radical (unpaired) electrons. The summed E-state index contributed by atoms with van der Waals surface area (Å²) in [5, 5.41) is 10.1. The number of carbonyl (C=O) groups excluding carboxylic acids is 1. The van der Waals surface area contributed by atoms with Crippen molar-refractivity contribution in [1.82, 2.24) is 9.29 Å². The Morgan fingerprint density at radius 2 is 1.64 bits per heavy atom. The van der Waals surface area contributed by atoms with Gasteiger partial charge >= 0.3 is 5.97 Å². The molecular weight excluding hydrogens is 604 g/mol. The molecule has 4 heterocycles. The highest BCUT2D eigenvalue weighted by Crippen LogP contribution is 2.42. The smallest absolute Gasteiger partial charge is 0.348 e. The van der Waals surface area contributed by atoms with E-state index in [0.717, 1.165) is 75.2 Å². The van der Waals surface area contributed by atoms with E-state index in [1.807, 2.05) is 0 Å². The molecule has 1 saturated carbocycles. The highest BCUT2D eigenvalue weighted by Gasteiger charge is 2.44. The Labute approximate surface area is 261 Å². The number of rotatable bonds is 7. The molecular formula is C32H37FN4O5S2. The summed E-state index contributed by atoms with van der Waals surface area (Å²) in [4.78, 5) is 35.2. The number of benzene rings is 1. The Morgan fingerprint density at radius 3 is 2.27 bits per heavy atom. The molecule has 2 aromatic heterocycles. The summed E-state index contributed by atoms with van der Waals surface area (Å²) in [6, 6.07) is 10.2. The van der Waals surface area contributed by atoms with Crippen LogP contribution in [0.4, 0.5) is 15.9 Å². The zero-order valence-electron chi connectivity index (χ0n) is 24.5. The van der Waals surface area contributed by atoms with Gasteiger partial charge in [-0.15, -0.1) is 11.3 Å². The second kappa shape index (κ2) is 12.9. The topological polar surface area (TPSA) is 111 Å². The lowest BCUT2D eigenvalue weighted by Gasteiger charge is -2.44. The van der Waals surface area contributed by atoms with E-state index in [2.05, 4.69) is 9.88 Å². The highest BCUT2D eigenvalue weighted by molar-refractivity contribution is 7.89. The molecule has 1 atom stereocenters. The number of aromatic nitrogens is 1. The SMILES string of the molecule is O=C(O)c1sc(-c2ccc(F)cc2)cc1N1C(=O)CN(S(=O)(=O)c2ccc(N3CCCCCC3)nc2)CC1C1CCCCC1. The molecule has 2 aliphatic heterocycles. The number of amides is 1. The van der Waals surface area contributed by atoms with Gasteiger partial charge in [0.25, 0.3) is 0 Å². The number of carboxylic acids is 1. The molecule has 12 heteroatoms. The van der Waals surface area contributed by atoms with Crippen LogP contribution >= 0.6 is 11.3 Å². The Morgan fingerprint density at radius 1 is 0.955 bits per heavy atom. The Bertz CT molecular complexity index is 1600. The number of pyridine rings is 1. The van der Waals surface area contributed by atoms with Gasteiger partial charge in [0.05, 0.1) is 18.3 Å². The third-order valence-corrected chi connectivity index (χ3v) is 12.0. The van der Waals surface area contributed by atoms with Gasteiger partial charge in [0.1, 0.15) is 21.4 Å². The van der Waals surface area contributed by atoms with Crippen LogP contribution in [0.15, 0.2) is 53.6 Å². The van der Waals surface area contributed by atoms with Gasteiger partial charge < -0.3 is 14.9 Å². The normalized spacial score (nSPS) is 20.9. The van der Waals surface area contributed by atoms with Crippen molar-refractivity contribution in [1.29, 1.82) is 0 Å². The van der Waals surface area contributed by atoms with Crippen LogP contribution in [0.5, 0.6) is 0 Å². The first-order valence-electron chi connectivity index (χ1n) is 15.4. The van der Waals surface area contributed by atoms with Gasteiger partial charge in [-0.2, -0.15) is 4.31 Å². The maximum atomic E-state index is 14.0. The van der Waals surface area contributed by atoms with Crippen LogP contribution < -0.4 is 9.80 Å². The molecule has 234 valence electrons. The number of piperazine rings is 1. The number of thiophene rings is 1. The summed E-state index contributed by atoms with van der Waals surface area (Å²) < 4.78 is 42.7. The number of hydrogen-bond acceptors (Lipinski definition) is 7. The number of anilines is 2. The average molecular weight is 641 g/mol. The predicted molar refractivity (Wildman–Crippen MR) is 168 cm³/mol. The first-order chi connectivity index (χ1) is 21.2. The van der Waals surface area contributed by atoms with E-state index < -0.39 is 40.3 Å². The van der Waals surface area contributed by atoms with Crippen molar-refractivity contribution < 1.29 is 27.5 Å². The third-order valence-electron chi connectivity index (χ3n) is 9.08. The van der Waals surface area contributed by atoms with Crippen LogP contribution in [-0.4, -0.2) is 66.9 Å². The lowest BCUT2D eigenvalue weighted by atomic mass is 9.82. The standard InChI is InChI=1S/C32H37FN4O5S2/c33-24-12-10-23(11-13-24)28-18-26(31(43-28)32(39)40)37-27(22-8-4-3-5-9-22)20-36(21-30(37)38)44(41,42)25-14-15-29(34-19-25)35-16-6-1-2-7-17-35/h10-15,18-19,22,27H,1-9,16-17,20-21H2,(H,39,40). The van der Waals surface area contributed by atoms with E-state index in [1.165, 1.54) is 40.4 Å². The van der Waals surface area contributed by atoms with Crippen molar-refractivity contribution in [3.8, 4) is 10.4 Å². The van der Waals surface area contributed by atoms with Crippen LogP contribution in [-0.2, 0) is 14.8 Å². The zero-order valence-corrected chi connectivity index (χ0v) is 26.2. The van der Waals surface area contributed by atoms with Crippen molar-refractivity contribution in [2.24, 2.45) is 5.92 Å². The van der Waals surface area contributed by atoms with Crippen molar-refractivity contribution >= 4 is 44.7 Å². The van der Waals surface area contributed by atoms with Crippen LogP contribution in [0.1, 0.15) is 67.5 Å². The lowest BCUT2D eigenvalue weighted by Crippen LogP contribution is -2.60. The Balaban J connectivity index is 1.32. The lowest BCUT2D eigenvalue weighted by molar-refractivity contribution is -0.121. The van der Waals surface area contributed by atoms with Crippen molar-refractivity contribution in [2.75, 3.05) is 36.0 Å². The number of halogens is 1. The minimum absolute atomic E-state index is 0.00286. The minimum atomic E-state index is -4.04. The number of nitrogens with zero attached hydrogens (tertiary/aromatic N) is 4. The molecule has 6 rings (SSSR count).